The molecular formula is C45H51N7O4. The summed E-state index contributed by atoms with van der Waals surface area (Å²) in [5.74, 6) is 0.801. The molecule has 2 aromatic carbocycles. The van der Waals surface area contributed by atoms with Gasteiger partial charge in [0.05, 0.1) is 30.6 Å². The van der Waals surface area contributed by atoms with Crippen molar-refractivity contribution >= 4 is 29.2 Å². The minimum absolute atomic E-state index is 0.0589. The largest absolute Gasteiger partial charge is 0.453 e. The number of carbonyl (C=O) groups is 3. The quantitative estimate of drug-likeness (QED) is 0.143. The SMILES string of the molecule is COC(=O)N[C@H](C(=O)N1CCC[C@H]1C1=NC=C(c2ccc(-c3ccc(-c4cnc(C5CCCC[C@@H]5C(=O)NC5(c6cccnc6)CC5)[nH]4)cc3)cc2)C1)C(C)C. The monoisotopic (exact) mass is 753 g/mol. The Bertz CT molecular complexity index is 2120. The highest BCUT2D eigenvalue weighted by Gasteiger charge is 2.48. The molecule has 2 aliphatic heterocycles. The first kappa shape index (κ1) is 37.3. The first-order chi connectivity index (χ1) is 27.2. The number of aromatic nitrogens is 3. The molecule has 290 valence electrons. The number of allylic oxidation sites excluding steroid dienone is 1. The lowest BCUT2D eigenvalue weighted by Gasteiger charge is -2.31. The number of aliphatic imine (C=N–C) groups is 1. The normalized spacial score (nSPS) is 21.9. The van der Waals surface area contributed by atoms with Crippen LogP contribution in [0.1, 0.15) is 94.5 Å². The van der Waals surface area contributed by atoms with Gasteiger partial charge in [-0.2, -0.15) is 0 Å². The van der Waals surface area contributed by atoms with Crippen LogP contribution in [0.2, 0.25) is 0 Å². The molecule has 8 rings (SSSR count). The van der Waals surface area contributed by atoms with E-state index in [0.717, 1.165) is 102 Å². The second kappa shape index (κ2) is 15.9. The number of imidazole rings is 1. The Labute approximate surface area is 328 Å². The number of methoxy groups -OCH3 is 1. The highest BCUT2D eigenvalue weighted by molar-refractivity contribution is 6.04. The Morgan fingerprint density at radius 2 is 1.61 bits per heavy atom. The lowest BCUT2D eigenvalue weighted by Crippen LogP contribution is -2.53. The van der Waals surface area contributed by atoms with Crippen molar-refractivity contribution in [2.45, 2.75) is 95.2 Å². The molecule has 2 saturated carbocycles. The minimum Gasteiger partial charge on any atom is -0.453 e. The summed E-state index contributed by atoms with van der Waals surface area (Å²) < 4.78 is 4.78. The number of pyridine rings is 1. The van der Waals surface area contributed by atoms with Crippen LogP contribution < -0.4 is 10.6 Å². The van der Waals surface area contributed by atoms with Crippen LogP contribution in [0.4, 0.5) is 4.79 Å². The van der Waals surface area contributed by atoms with Crippen LogP contribution in [0.25, 0.3) is 28.0 Å². The molecule has 56 heavy (non-hydrogen) atoms. The number of hydrogen-bond donors (Lipinski definition) is 3. The van der Waals surface area contributed by atoms with Crippen molar-refractivity contribution in [1.29, 1.82) is 0 Å². The molecule has 0 bridgehead atoms. The molecular weight excluding hydrogens is 703 g/mol. The summed E-state index contributed by atoms with van der Waals surface area (Å²) >= 11 is 0. The van der Waals surface area contributed by atoms with Crippen molar-refractivity contribution in [3.05, 3.63) is 102 Å². The third-order valence-corrected chi connectivity index (χ3v) is 12.2. The predicted octanol–water partition coefficient (Wildman–Crippen LogP) is 7.78. The average Bonchev–Trinajstić information content (AvgIpc) is 3.62. The molecule has 2 aromatic heterocycles. The average molecular weight is 754 g/mol. The van der Waals surface area contributed by atoms with E-state index >= 15 is 0 Å². The number of aromatic amines is 1. The zero-order chi connectivity index (χ0) is 38.8. The van der Waals surface area contributed by atoms with Crippen molar-refractivity contribution in [3.63, 3.8) is 0 Å². The number of amides is 3. The van der Waals surface area contributed by atoms with E-state index in [4.69, 9.17) is 14.7 Å². The van der Waals surface area contributed by atoms with Gasteiger partial charge in [0, 0.05) is 49.1 Å². The number of carbonyl (C=O) groups excluding carboxylic acids is 3. The van der Waals surface area contributed by atoms with Gasteiger partial charge in [-0.1, -0.05) is 81.3 Å². The van der Waals surface area contributed by atoms with Gasteiger partial charge in [0.2, 0.25) is 11.8 Å². The van der Waals surface area contributed by atoms with E-state index in [1.54, 1.807) is 6.20 Å². The number of alkyl carbamates (subject to hydrolysis) is 1. The van der Waals surface area contributed by atoms with Gasteiger partial charge < -0.3 is 25.3 Å². The molecule has 3 fully saturated rings. The van der Waals surface area contributed by atoms with E-state index in [-0.39, 0.29) is 41.1 Å². The smallest absolute Gasteiger partial charge is 0.407 e. The Balaban J connectivity index is 0.886. The molecule has 1 saturated heterocycles. The van der Waals surface area contributed by atoms with Crippen LogP contribution in [0.15, 0.2) is 90.4 Å². The molecule has 11 nitrogen and oxygen atoms in total. The molecule has 4 aliphatic rings. The van der Waals surface area contributed by atoms with E-state index in [2.05, 4.69) is 75.2 Å². The number of nitrogens with zero attached hydrogens (tertiary/aromatic N) is 4. The van der Waals surface area contributed by atoms with Crippen LogP contribution in [0.3, 0.4) is 0 Å². The van der Waals surface area contributed by atoms with Crippen LogP contribution >= 0.6 is 0 Å². The molecule has 0 radical (unpaired) electrons. The summed E-state index contributed by atoms with van der Waals surface area (Å²) in [6, 6.07) is 20.3. The second-order valence-corrected chi connectivity index (χ2v) is 16.1. The molecule has 4 atom stereocenters. The fraction of sp³-hybridized carbons (Fsp3) is 0.422. The van der Waals surface area contributed by atoms with Crippen LogP contribution in [0, 0.1) is 11.8 Å². The van der Waals surface area contributed by atoms with E-state index in [1.807, 2.05) is 43.4 Å². The van der Waals surface area contributed by atoms with Gasteiger partial charge in [0.25, 0.3) is 0 Å². The summed E-state index contributed by atoms with van der Waals surface area (Å²) in [5, 5.41) is 6.13. The number of nitrogens with one attached hydrogen (secondary N) is 3. The van der Waals surface area contributed by atoms with Gasteiger partial charge >= 0.3 is 6.09 Å². The summed E-state index contributed by atoms with van der Waals surface area (Å²) in [5.41, 5.74) is 8.27. The third kappa shape index (κ3) is 7.63. The lowest BCUT2D eigenvalue weighted by atomic mass is 9.78. The topological polar surface area (TPSA) is 142 Å². The zero-order valence-corrected chi connectivity index (χ0v) is 32.5. The second-order valence-electron chi connectivity index (χ2n) is 16.1. The van der Waals surface area contributed by atoms with Crippen molar-refractivity contribution < 1.29 is 19.1 Å². The number of ether oxygens (including phenoxy) is 1. The van der Waals surface area contributed by atoms with Gasteiger partial charge in [-0.05, 0) is 83.9 Å². The first-order valence-corrected chi connectivity index (χ1v) is 20.1. The number of benzene rings is 2. The molecule has 4 aromatic rings. The summed E-state index contributed by atoms with van der Waals surface area (Å²) in [6.45, 7) is 4.50. The van der Waals surface area contributed by atoms with E-state index < -0.39 is 12.1 Å². The van der Waals surface area contributed by atoms with Crippen LogP contribution in [0.5, 0.6) is 0 Å². The van der Waals surface area contributed by atoms with Crippen molar-refractivity contribution in [1.82, 2.24) is 30.5 Å². The standard InChI is InChI=1S/C45H51N7O4/c1-28(2)40(50-44(55)56-3)43(54)52-23-7-11-39(52)37-24-33(25-47-37)31-14-12-29(13-15-31)30-16-18-32(19-17-30)38-27-48-41(49-38)35-9-4-5-10-36(35)42(53)51-45(20-21-45)34-8-6-22-46-26-34/h6,8,12-19,22,25-28,35-36,39-40H,4-5,7,9-11,20-21,23-24H2,1-3H3,(H,48,49)(H,50,55)(H,51,53)/t35?,36-,39-,40-/m0/s1. The van der Waals surface area contributed by atoms with E-state index in [9.17, 15) is 14.4 Å². The Morgan fingerprint density at radius 1 is 0.893 bits per heavy atom. The van der Waals surface area contributed by atoms with E-state index in [0.29, 0.717) is 13.0 Å². The Kier molecular flexibility index (Phi) is 10.6. The number of hydrogen-bond acceptors (Lipinski definition) is 7. The molecule has 3 N–H and O–H groups in total. The number of likely N-dealkylation sites (tertiary alicyclic amines) is 1. The van der Waals surface area contributed by atoms with Gasteiger partial charge in [-0.25, -0.2) is 9.78 Å². The Hall–Kier alpha value is -5.58. The van der Waals surface area contributed by atoms with Crippen LogP contribution in [-0.4, -0.2) is 69.2 Å². The Morgan fingerprint density at radius 3 is 2.29 bits per heavy atom. The van der Waals surface area contributed by atoms with Gasteiger partial charge in [0.1, 0.15) is 11.9 Å². The van der Waals surface area contributed by atoms with Crippen molar-refractivity contribution in [3.8, 4) is 22.4 Å². The van der Waals surface area contributed by atoms with Gasteiger partial charge in [-0.3, -0.25) is 19.6 Å². The van der Waals surface area contributed by atoms with Gasteiger partial charge in [0.15, 0.2) is 0 Å². The molecule has 2 aliphatic carbocycles. The van der Waals surface area contributed by atoms with Crippen LogP contribution in [-0.2, 0) is 19.9 Å². The molecule has 4 heterocycles. The van der Waals surface area contributed by atoms with Crippen molar-refractivity contribution in [2.24, 2.45) is 16.8 Å². The summed E-state index contributed by atoms with van der Waals surface area (Å²) in [6.07, 6.45) is 15.2. The first-order valence-electron chi connectivity index (χ1n) is 20.1. The lowest BCUT2D eigenvalue weighted by molar-refractivity contribution is -0.134. The zero-order valence-electron chi connectivity index (χ0n) is 32.5. The highest BCUT2D eigenvalue weighted by Crippen LogP contribution is 2.47. The maximum atomic E-state index is 13.7. The fourth-order valence-corrected chi connectivity index (χ4v) is 8.83. The summed E-state index contributed by atoms with van der Waals surface area (Å²) in [7, 11) is 1.31. The van der Waals surface area contributed by atoms with Gasteiger partial charge in [-0.15, -0.1) is 0 Å². The molecule has 3 amide bonds. The molecule has 1 unspecified atom stereocenters. The fourth-order valence-electron chi connectivity index (χ4n) is 8.83. The minimum atomic E-state index is -0.649. The maximum Gasteiger partial charge on any atom is 0.407 e. The highest BCUT2D eigenvalue weighted by atomic mass is 16.5. The molecule has 11 heteroatoms. The molecule has 0 spiro atoms. The predicted molar refractivity (Wildman–Crippen MR) is 216 cm³/mol. The van der Waals surface area contributed by atoms with E-state index in [1.165, 1.54) is 7.11 Å². The number of H-pyrrole nitrogens is 1. The summed E-state index contributed by atoms with van der Waals surface area (Å²) in [4.78, 5) is 58.6. The van der Waals surface area contributed by atoms with Crippen molar-refractivity contribution in [2.75, 3.05) is 13.7 Å². The number of rotatable bonds is 11. The third-order valence-electron chi connectivity index (χ3n) is 12.2. The maximum absolute atomic E-state index is 13.7.